The number of nitrogens with one attached hydrogen (secondary N) is 2. The van der Waals surface area contributed by atoms with Crippen LogP contribution < -0.4 is 14.8 Å². The van der Waals surface area contributed by atoms with Gasteiger partial charge in [0.05, 0.1) is 0 Å². The molecule has 0 radical (unpaired) electrons. The van der Waals surface area contributed by atoms with Crippen LogP contribution >= 0.6 is 0 Å². The van der Waals surface area contributed by atoms with Crippen molar-refractivity contribution in [2.24, 2.45) is 5.92 Å². The van der Waals surface area contributed by atoms with Crippen LogP contribution in [0.25, 0.3) is 0 Å². The van der Waals surface area contributed by atoms with E-state index in [4.69, 9.17) is 4.74 Å². The Morgan fingerprint density at radius 3 is 2.06 bits per heavy atom. The Balaban J connectivity index is 2.95. The van der Waals surface area contributed by atoms with E-state index in [0.717, 1.165) is 12.1 Å². The summed E-state index contributed by atoms with van der Waals surface area (Å²) >= 11 is 0. The maximum atomic E-state index is 12.5. The zero-order valence-corrected chi connectivity index (χ0v) is 18.7. The van der Waals surface area contributed by atoms with Gasteiger partial charge in [-0.15, -0.1) is 0 Å². The van der Waals surface area contributed by atoms with E-state index < -0.39 is 45.0 Å². The Bertz CT molecular complexity index is 862. The fourth-order valence-corrected chi connectivity index (χ4v) is 2.64. The SMILES string of the molecule is CC(C)CNC(=O)[C@H](Cc1ccc(OS(=O)(=O)C(F)(F)F)cc1)NC(=O)OC(C)(C)C. The summed E-state index contributed by atoms with van der Waals surface area (Å²) in [7, 11) is -5.79. The first-order valence-corrected chi connectivity index (χ1v) is 10.8. The number of carbonyl (C=O) groups excluding carboxylic acids is 2. The first kappa shape index (κ1) is 26.5. The molecule has 8 nitrogen and oxygen atoms in total. The zero-order valence-electron chi connectivity index (χ0n) is 17.9. The molecule has 0 aliphatic heterocycles. The van der Waals surface area contributed by atoms with Crippen LogP contribution in [0.1, 0.15) is 40.2 Å². The minimum absolute atomic E-state index is 0.0184. The van der Waals surface area contributed by atoms with E-state index >= 15 is 0 Å². The van der Waals surface area contributed by atoms with E-state index in [2.05, 4.69) is 14.8 Å². The smallest absolute Gasteiger partial charge is 0.444 e. The minimum atomic E-state index is -5.79. The largest absolute Gasteiger partial charge is 0.534 e. The highest BCUT2D eigenvalue weighted by Gasteiger charge is 2.48. The summed E-state index contributed by atoms with van der Waals surface area (Å²) in [5.74, 6) is -0.848. The van der Waals surface area contributed by atoms with Gasteiger partial charge in [-0.2, -0.15) is 21.6 Å². The highest BCUT2D eigenvalue weighted by atomic mass is 32.2. The van der Waals surface area contributed by atoms with Gasteiger partial charge in [0.25, 0.3) is 0 Å². The first-order valence-electron chi connectivity index (χ1n) is 9.37. The van der Waals surface area contributed by atoms with Gasteiger partial charge in [-0.3, -0.25) is 4.79 Å². The summed E-state index contributed by atoms with van der Waals surface area (Å²) in [6.07, 6.45) is -0.830. The van der Waals surface area contributed by atoms with Gasteiger partial charge < -0.3 is 19.6 Å². The van der Waals surface area contributed by atoms with Crippen LogP contribution in [0.4, 0.5) is 18.0 Å². The summed E-state index contributed by atoms with van der Waals surface area (Å²) in [5.41, 5.74) is -5.90. The Hall–Kier alpha value is -2.50. The summed E-state index contributed by atoms with van der Waals surface area (Å²) < 4.78 is 68.6. The third-order valence-electron chi connectivity index (χ3n) is 3.54. The average molecular weight is 468 g/mol. The summed E-state index contributed by atoms with van der Waals surface area (Å²) in [4.78, 5) is 24.6. The number of benzene rings is 1. The maximum Gasteiger partial charge on any atom is 0.534 e. The van der Waals surface area contributed by atoms with Crippen LogP contribution in [-0.4, -0.2) is 44.1 Å². The van der Waals surface area contributed by atoms with Crippen molar-refractivity contribution in [3.63, 3.8) is 0 Å². The summed E-state index contributed by atoms with van der Waals surface area (Å²) in [6.45, 7) is 9.14. The fraction of sp³-hybridized carbons (Fsp3) is 0.579. The van der Waals surface area contributed by atoms with Gasteiger partial charge in [0, 0.05) is 13.0 Å². The van der Waals surface area contributed by atoms with Crippen molar-refractivity contribution in [1.29, 1.82) is 0 Å². The van der Waals surface area contributed by atoms with Gasteiger partial charge in [-0.1, -0.05) is 26.0 Å². The second kappa shape index (κ2) is 10.2. The number of halogens is 3. The number of ether oxygens (including phenoxy) is 1. The van der Waals surface area contributed by atoms with Crippen molar-refractivity contribution in [3.8, 4) is 5.75 Å². The summed E-state index contributed by atoms with van der Waals surface area (Å²) in [6, 6.07) is 3.60. The number of hydrogen-bond acceptors (Lipinski definition) is 6. The Kier molecular flexibility index (Phi) is 8.74. The number of alkyl halides is 3. The molecule has 0 aromatic heterocycles. The average Bonchev–Trinajstić information content (AvgIpc) is 2.57. The fourth-order valence-electron chi connectivity index (χ4n) is 2.18. The standard InChI is InChI=1S/C19H27F3N2O6S/c1-12(2)11-23-16(25)15(24-17(26)29-18(3,4)5)10-13-6-8-14(9-7-13)30-31(27,28)19(20,21)22/h6-9,12,15H,10-11H2,1-5H3,(H,23,25)(H,24,26)/t15-/m0/s1. The molecule has 1 atom stereocenters. The Labute approximate surface area is 179 Å². The highest BCUT2D eigenvalue weighted by molar-refractivity contribution is 7.88. The Morgan fingerprint density at radius 1 is 1.06 bits per heavy atom. The van der Waals surface area contributed by atoms with Crippen molar-refractivity contribution in [2.45, 2.75) is 58.2 Å². The van der Waals surface area contributed by atoms with Gasteiger partial charge in [-0.05, 0) is 44.4 Å². The van der Waals surface area contributed by atoms with Crippen LogP contribution in [0.5, 0.6) is 5.75 Å². The lowest BCUT2D eigenvalue weighted by atomic mass is 10.0. The normalized spacial score (nSPS) is 13.5. The van der Waals surface area contributed by atoms with Gasteiger partial charge in [-0.25, -0.2) is 4.79 Å². The third kappa shape index (κ3) is 9.45. The quantitative estimate of drug-likeness (QED) is 0.448. The molecule has 176 valence electrons. The molecule has 12 heteroatoms. The molecule has 1 aromatic carbocycles. The first-order chi connectivity index (χ1) is 14.0. The summed E-state index contributed by atoms with van der Waals surface area (Å²) in [5, 5.41) is 5.16. The number of alkyl carbamates (subject to hydrolysis) is 1. The van der Waals surface area contributed by atoms with E-state index in [-0.39, 0.29) is 12.3 Å². The zero-order chi connectivity index (χ0) is 24.0. The topological polar surface area (TPSA) is 111 Å². The van der Waals surface area contributed by atoms with Crippen LogP contribution in [0, 0.1) is 5.92 Å². The van der Waals surface area contributed by atoms with Gasteiger partial charge in [0.15, 0.2) is 0 Å². The van der Waals surface area contributed by atoms with Crippen molar-refractivity contribution < 1.29 is 40.1 Å². The van der Waals surface area contributed by atoms with Crippen LogP contribution in [0.15, 0.2) is 24.3 Å². The molecule has 2 N–H and O–H groups in total. The molecule has 0 saturated heterocycles. The molecule has 1 rings (SSSR count). The Morgan fingerprint density at radius 2 is 1.61 bits per heavy atom. The molecule has 2 amide bonds. The molecule has 1 aromatic rings. The molecule has 31 heavy (non-hydrogen) atoms. The number of rotatable bonds is 8. The molecular formula is C19H27F3N2O6S. The molecule has 0 aliphatic rings. The van der Waals surface area contributed by atoms with E-state index in [1.54, 1.807) is 20.8 Å². The molecule has 0 spiro atoms. The van der Waals surface area contributed by atoms with Gasteiger partial charge >= 0.3 is 21.7 Å². The second-order valence-electron chi connectivity index (χ2n) is 8.17. The van der Waals surface area contributed by atoms with Crippen molar-refractivity contribution >= 4 is 22.1 Å². The lowest BCUT2D eigenvalue weighted by Gasteiger charge is -2.23. The monoisotopic (exact) mass is 468 g/mol. The number of amides is 2. The van der Waals surface area contributed by atoms with Crippen molar-refractivity contribution in [1.82, 2.24) is 10.6 Å². The molecule has 0 fully saturated rings. The number of hydrogen-bond donors (Lipinski definition) is 2. The highest BCUT2D eigenvalue weighted by Crippen LogP contribution is 2.27. The molecule has 0 heterocycles. The van der Waals surface area contributed by atoms with Gasteiger partial charge in [0.2, 0.25) is 5.91 Å². The van der Waals surface area contributed by atoms with Crippen molar-refractivity contribution in [2.75, 3.05) is 6.54 Å². The van der Waals surface area contributed by atoms with Crippen LogP contribution in [-0.2, 0) is 26.1 Å². The number of carbonyl (C=O) groups is 2. The van der Waals surface area contributed by atoms with Crippen LogP contribution in [0.2, 0.25) is 0 Å². The molecule has 0 aliphatic carbocycles. The van der Waals surface area contributed by atoms with E-state index in [1.165, 1.54) is 12.1 Å². The van der Waals surface area contributed by atoms with Crippen LogP contribution in [0.3, 0.4) is 0 Å². The molecule has 0 bridgehead atoms. The predicted molar refractivity (Wildman–Crippen MR) is 107 cm³/mol. The van der Waals surface area contributed by atoms with E-state index in [0.29, 0.717) is 12.1 Å². The van der Waals surface area contributed by atoms with Crippen molar-refractivity contribution in [3.05, 3.63) is 29.8 Å². The molecule has 0 unspecified atom stereocenters. The van der Waals surface area contributed by atoms with E-state index in [9.17, 15) is 31.2 Å². The molecule has 0 saturated carbocycles. The second-order valence-corrected chi connectivity index (χ2v) is 9.71. The van der Waals surface area contributed by atoms with E-state index in [1.807, 2.05) is 13.8 Å². The lowest BCUT2D eigenvalue weighted by Crippen LogP contribution is -2.49. The van der Waals surface area contributed by atoms with Gasteiger partial charge in [0.1, 0.15) is 17.4 Å². The molecular weight excluding hydrogens is 441 g/mol. The third-order valence-corrected chi connectivity index (χ3v) is 4.52. The maximum absolute atomic E-state index is 12.5. The lowest BCUT2D eigenvalue weighted by molar-refractivity contribution is -0.123. The minimum Gasteiger partial charge on any atom is -0.444 e. The predicted octanol–water partition coefficient (Wildman–Crippen LogP) is 3.12.